The van der Waals surface area contributed by atoms with Gasteiger partial charge in [0.15, 0.2) is 0 Å². The fourth-order valence-corrected chi connectivity index (χ4v) is 4.68. The van der Waals surface area contributed by atoms with Crippen LogP contribution in [0.5, 0.6) is 5.88 Å². The van der Waals surface area contributed by atoms with E-state index in [-0.39, 0.29) is 18.0 Å². The van der Waals surface area contributed by atoms with Crippen LogP contribution in [0, 0.1) is 6.92 Å². The van der Waals surface area contributed by atoms with Crippen LogP contribution in [0.4, 0.5) is 5.82 Å². The van der Waals surface area contributed by atoms with Crippen LogP contribution in [0.25, 0.3) is 10.8 Å². The van der Waals surface area contributed by atoms with Crippen molar-refractivity contribution in [1.29, 1.82) is 0 Å². The van der Waals surface area contributed by atoms with Gasteiger partial charge in [0.2, 0.25) is 15.9 Å². The van der Waals surface area contributed by atoms with E-state index in [9.17, 15) is 8.42 Å². The number of benzene rings is 2. The SMILES string of the molecule is Cc1nc(OCCNS(=O)(=O)c2ccc3ccccc3c2)cc(N2CCCCC2)n1. The standard InChI is InChI=1S/C22H26N4O3S/c1-17-24-21(26-12-5-2-6-13-26)16-22(25-17)29-14-11-23-30(27,28)20-10-9-18-7-3-4-8-19(18)15-20/h3-4,7-10,15-16,23H,2,5-6,11-14H2,1H3. The summed E-state index contributed by atoms with van der Waals surface area (Å²) in [6.45, 7) is 4.14. The van der Waals surface area contributed by atoms with Crippen molar-refractivity contribution in [3.05, 3.63) is 54.4 Å². The lowest BCUT2D eigenvalue weighted by molar-refractivity contribution is 0.309. The molecule has 0 spiro atoms. The van der Waals surface area contributed by atoms with Crippen LogP contribution in [-0.2, 0) is 10.0 Å². The highest BCUT2D eigenvalue weighted by molar-refractivity contribution is 7.89. The molecule has 0 radical (unpaired) electrons. The van der Waals surface area contributed by atoms with Gasteiger partial charge in [0.1, 0.15) is 18.2 Å². The first-order valence-corrected chi connectivity index (χ1v) is 11.7. The lowest BCUT2D eigenvalue weighted by atomic mass is 10.1. The Balaban J connectivity index is 1.36. The number of sulfonamides is 1. The maximum atomic E-state index is 12.6. The second-order valence-electron chi connectivity index (χ2n) is 7.41. The van der Waals surface area contributed by atoms with Gasteiger partial charge in [0.05, 0.1) is 4.90 Å². The molecule has 1 fully saturated rings. The molecular formula is C22H26N4O3S. The van der Waals surface area contributed by atoms with E-state index in [1.54, 1.807) is 12.1 Å². The van der Waals surface area contributed by atoms with E-state index in [2.05, 4.69) is 19.6 Å². The highest BCUT2D eigenvalue weighted by atomic mass is 32.2. The number of aryl methyl sites for hydroxylation is 1. The normalized spacial score (nSPS) is 14.8. The summed E-state index contributed by atoms with van der Waals surface area (Å²) in [6.07, 6.45) is 3.58. The van der Waals surface area contributed by atoms with Crippen molar-refractivity contribution in [3.8, 4) is 5.88 Å². The second kappa shape index (κ2) is 8.97. The van der Waals surface area contributed by atoms with Crippen molar-refractivity contribution in [3.63, 3.8) is 0 Å². The Morgan fingerprint density at radius 3 is 2.57 bits per heavy atom. The Bertz CT molecular complexity index is 1130. The van der Waals surface area contributed by atoms with Crippen molar-refractivity contribution >= 4 is 26.6 Å². The molecule has 3 aromatic rings. The molecule has 8 heteroatoms. The second-order valence-corrected chi connectivity index (χ2v) is 9.18. The molecule has 4 rings (SSSR count). The molecule has 7 nitrogen and oxygen atoms in total. The molecule has 1 aromatic heterocycles. The Morgan fingerprint density at radius 2 is 1.77 bits per heavy atom. The number of hydrogen-bond acceptors (Lipinski definition) is 6. The first kappa shape index (κ1) is 20.6. The first-order chi connectivity index (χ1) is 14.5. The van der Waals surface area contributed by atoms with Crippen molar-refractivity contribution in [1.82, 2.24) is 14.7 Å². The Labute approximate surface area is 177 Å². The minimum Gasteiger partial charge on any atom is -0.476 e. The molecule has 158 valence electrons. The van der Waals surface area contributed by atoms with Crippen LogP contribution in [-0.4, -0.2) is 44.6 Å². The van der Waals surface area contributed by atoms with Crippen molar-refractivity contribution in [2.75, 3.05) is 31.1 Å². The van der Waals surface area contributed by atoms with E-state index < -0.39 is 10.0 Å². The zero-order valence-electron chi connectivity index (χ0n) is 17.0. The first-order valence-electron chi connectivity index (χ1n) is 10.2. The van der Waals surface area contributed by atoms with Crippen LogP contribution in [0.1, 0.15) is 25.1 Å². The quantitative estimate of drug-likeness (QED) is 0.584. The third kappa shape index (κ3) is 4.88. The molecule has 1 aliphatic heterocycles. The van der Waals surface area contributed by atoms with E-state index in [1.807, 2.05) is 43.3 Å². The number of nitrogens with zero attached hydrogens (tertiary/aromatic N) is 3. The van der Waals surface area contributed by atoms with E-state index in [1.165, 1.54) is 6.42 Å². The average molecular weight is 427 g/mol. The Kier molecular flexibility index (Phi) is 6.15. The number of fused-ring (bicyclic) bond motifs is 1. The summed E-state index contributed by atoms with van der Waals surface area (Å²) in [7, 11) is -3.61. The predicted molar refractivity (Wildman–Crippen MR) is 117 cm³/mol. The van der Waals surface area contributed by atoms with Gasteiger partial charge in [-0.1, -0.05) is 30.3 Å². The van der Waals surface area contributed by atoms with Crippen LogP contribution >= 0.6 is 0 Å². The van der Waals surface area contributed by atoms with E-state index in [0.717, 1.165) is 42.5 Å². The number of aromatic nitrogens is 2. The maximum absolute atomic E-state index is 12.6. The molecule has 30 heavy (non-hydrogen) atoms. The number of ether oxygens (including phenoxy) is 1. The van der Waals surface area contributed by atoms with Gasteiger partial charge in [0.25, 0.3) is 0 Å². The van der Waals surface area contributed by atoms with Crippen LogP contribution < -0.4 is 14.4 Å². The summed E-state index contributed by atoms with van der Waals surface area (Å²) in [6, 6.07) is 14.6. The molecule has 0 amide bonds. The molecule has 0 unspecified atom stereocenters. The van der Waals surface area contributed by atoms with Gasteiger partial charge >= 0.3 is 0 Å². The fraction of sp³-hybridized carbons (Fsp3) is 0.364. The number of hydrogen-bond donors (Lipinski definition) is 1. The Hall–Kier alpha value is -2.71. The van der Waals surface area contributed by atoms with Gasteiger partial charge in [-0.3, -0.25) is 0 Å². The summed E-state index contributed by atoms with van der Waals surface area (Å²) in [5, 5.41) is 1.89. The Morgan fingerprint density at radius 1 is 1.00 bits per heavy atom. The number of rotatable bonds is 7. The highest BCUT2D eigenvalue weighted by Gasteiger charge is 2.16. The monoisotopic (exact) mass is 426 g/mol. The summed E-state index contributed by atoms with van der Waals surface area (Å²) >= 11 is 0. The summed E-state index contributed by atoms with van der Waals surface area (Å²) in [5.74, 6) is 1.98. The molecular weight excluding hydrogens is 400 g/mol. The highest BCUT2D eigenvalue weighted by Crippen LogP contribution is 2.22. The fourth-order valence-electron chi connectivity index (χ4n) is 3.63. The largest absolute Gasteiger partial charge is 0.476 e. The lowest BCUT2D eigenvalue weighted by Crippen LogP contribution is -2.30. The van der Waals surface area contributed by atoms with Crippen LogP contribution in [0.2, 0.25) is 0 Å². The molecule has 2 aromatic carbocycles. The average Bonchev–Trinajstić information content (AvgIpc) is 2.77. The zero-order valence-corrected chi connectivity index (χ0v) is 17.9. The molecule has 1 aliphatic rings. The van der Waals surface area contributed by atoms with E-state index >= 15 is 0 Å². The van der Waals surface area contributed by atoms with Gasteiger partial charge in [-0.25, -0.2) is 18.1 Å². The number of nitrogens with one attached hydrogen (secondary N) is 1. The predicted octanol–water partition coefficient (Wildman–Crippen LogP) is 3.29. The van der Waals surface area contributed by atoms with Crippen LogP contribution in [0.3, 0.4) is 0 Å². The summed E-state index contributed by atoms with van der Waals surface area (Å²) < 4.78 is 33.5. The topological polar surface area (TPSA) is 84.4 Å². The molecule has 0 atom stereocenters. The molecule has 0 bridgehead atoms. The minimum absolute atomic E-state index is 0.150. The number of piperidine rings is 1. The van der Waals surface area contributed by atoms with Gasteiger partial charge in [0, 0.05) is 25.7 Å². The third-order valence-electron chi connectivity index (χ3n) is 5.16. The minimum atomic E-state index is -3.61. The summed E-state index contributed by atoms with van der Waals surface area (Å²) in [5.41, 5.74) is 0. The van der Waals surface area contributed by atoms with E-state index in [0.29, 0.717) is 11.7 Å². The lowest BCUT2D eigenvalue weighted by Gasteiger charge is -2.28. The van der Waals surface area contributed by atoms with Gasteiger partial charge in [-0.2, -0.15) is 4.98 Å². The smallest absolute Gasteiger partial charge is 0.240 e. The summed E-state index contributed by atoms with van der Waals surface area (Å²) in [4.78, 5) is 11.3. The van der Waals surface area contributed by atoms with E-state index in [4.69, 9.17) is 4.74 Å². The molecule has 1 N–H and O–H groups in total. The zero-order chi connectivity index (χ0) is 21.0. The third-order valence-corrected chi connectivity index (χ3v) is 6.62. The van der Waals surface area contributed by atoms with Gasteiger partial charge in [-0.05, 0) is 49.1 Å². The molecule has 1 saturated heterocycles. The van der Waals surface area contributed by atoms with Gasteiger partial charge in [-0.15, -0.1) is 0 Å². The van der Waals surface area contributed by atoms with Crippen molar-refractivity contribution in [2.24, 2.45) is 0 Å². The van der Waals surface area contributed by atoms with Gasteiger partial charge < -0.3 is 9.64 Å². The number of anilines is 1. The molecule has 2 heterocycles. The van der Waals surface area contributed by atoms with Crippen molar-refractivity contribution < 1.29 is 13.2 Å². The van der Waals surface area contributed by atoms with Crippen LogP contribution in [0.15, 0.2) is 53.4 Å². The van der Waals surface area contributed by atoms with Crippen molar-refractivity contribution in [2.45, 2.75) is 31.1 Å². The molecule has 0 aliphatic carbocycles. The molecule has 0 saturated carbocycles. The maximum Gasteiger partial charge on any atom is 0.240 e.